The number of primary amides is 1. The Hall–Kier alpha value is -3.66. The number of benzene rings is 1. The van der Waals surface area contributed by atoms with Crippen LogP contribution in [0.2, 0.25) is 0 Å². The molecule has 35 heavy (non-hydrogen) atoms. The molecule has 2 aromatic heterocycles. The third-order valence-corrected chi connectivity index (χ3v) is 7.49. The number of nitrogens with zero attached hydrogens (tertiary/aromatic N) is 5. The number of carboxylic acids is 1. The summed E-state index contributed by atoms with van der Waals surface area (Å²) in [6.45, 7) is 4.11. The SMILES string of the molecule is CN1CCN(c2ccc(Nc3ncc4ccn(C(CC(N)=O)C5(C(=O)O)CCC5)c4n3)cc2)CC1. The first kappa shape index (κ1) is 23.1. The predicted octanol–water partition coefficient (Wildman–Crippen LogP) is 2.60. The first-order valence-electron chi connectivity index (χ1n) is 12.0. The van der Waals surface area contributed by atoms with Gasteiger partial charge in [-0.1, -0.05) is 6.42 Å². The lowest BCUT2D eigenvalue weighted by atomic mass is 9.63. The number of nitrogens with two attached hydrogens (primary N) is 1. The fraction of sp³-hybridized carbons (Fsp3) is 0.440. The van der Waals surface area contributed by atoms with Crippen molar-refractivity contribution in [3.05, 3.63) is 42.7 Å². The maximum atomic E-state index is 12.2. The summed E-state index contributed by atoms with van der Waals surface area (Å²) in [6.07, 6.45) is 5.26. The van der Waals surface area contributed by atoms with E-state index in [0.29, 0.717) is 24.4 Å². The Morgan fingerprint density at radius 2 is 1.86 bits per heavy atom. The van der Waals surface area contributed by atoms with Crippen LogP contribution in [-0.4, -0.2) is 69.6 Å². The molecule has 1 saturated heterocycles. The molecule has 1 aliphatic carbocycles. The molecule has 1 aliphatic heterocycles. The largest absolute Gasteiger partial charge is 0.481 e. The van der Waals surface area contributed by atoms with Crippen LogP contribution in [0.25, 0.3) is 11.0 Å². The summed E-state index contributed by atoms with van der Waals surface area (Å²) in [6, 6.07) is 9.42. The van der Waals surface area contributed by atoms with E-state index in [1.165, 1.54) is 5.69 Å². The lowest BCUT2D eigenvalue weighted by Gasteiger charge is -2.44. The van der Waals surface area contributed by atoms with Crippen LogP contribution in [0.4, 0.5) is 17.3 Å². The fourth-order valence-electron chi connectivity index (χ4n) is 5.20. The van der Waals surface area contributed by atoms with Gasteiger partial charge in [-0.2, -0.15) is 4.98 Å². The van der Waals surface area contributed by atoms with E-state index < -0.39 is 23.3 Å². The number of fused-ring (bicyclic) bond motifs is 1. The number of carboxylic acid groups (broad SMARTS) is 1. The van der Waals surface area contributed by atoms with E-state index in [2.05, 4.69) is 39.3 Å². The number of aliphatic carboxylic acids is 1. The van der Waals surface area contributed by atoms with Crippen molar-refractivity contribution in [3.63, 3.8) is 0 Å². The average Bonchev–Trinajstić information content (AvgIpc) is 3.21. The van der Waals surface area contributed by atoms with Gasteiger partial charge in [-0.3, -0.25) is 9.59 Å². The Labute approximate surface area is 203 Å². The molecule has 3 heterocycles. The van der Waals surface area contributed by atoms with Gasteiger partial charge >= 0.3 is 5.97 Å². The minimum absolute atomic E-state index is 0.0589. The van der Waals surface area contributed by atoms with Crippen LogP contribution in [0.3, 0.4) is 0 Å². The van der Waals surface area contributed by atoms with Gasteiger partial charge in [0, 0.05) is 61.8 Å². The molecule has 2 fully saturated rings. The molecule has 1 saturated carbocycles. The number of piperazine rings is 1. The van der Waals surface area contributed by atoms with E-state index in [-0.39, 0.29) is 6.42 Å². The van der Waals surface area contributed by atoms with Crippen molar-refractivity contribution < 1.29 is 14.7 Å². The number of amides is 1. The van der Waals surface area contributed by atoms with Crippen molar-refractivity contribution in [2.45, 2.75) is 31.7 Å². The molecule has 10 nitrogen and oxygen atoms in total. The second-order valence-electron chi connectivity index (χ2n) is 9.66. The Morgan fingerprint density at radius 1 is 1.14 bits per heavy atom. The number of hydrogen-bond donors (Lipinski definition) is 3. The molecule has 0 bridgehead atoms. The topological polar surface area (TPSA) is 130 Å². The summed E-state index contributed by atoms with van der Waals surface area (Å²) in [5.41, 5.74) is 7.13. The van der Waals surface area contributed by atoms with E-state index in [9.17, 15) is 14.7 Å². The van der Waals surface area contributed by atoms with Crippen molar-refractivity contribution in [2.24, 2.45) is 11.1 Å². The Balaban J connectivity index is 1.40. The summed E-state index contributed by atoms with van der Waals surface area (Å²) in [4.78, 5) is 37.9. The average molecular weight is 478 g/mol. The zero-order chi connectivity index (χ0) is 24.6. The van der Waals surface area contributed by atoms with Crippen LogP contribution in [0.15, 0.2) is 42.7 Å². The van der Waals surface area contributed by atoms with Gasteiger partial charge in [-0.15, -0.1) is 0 Å². The molecule has 1 aromatic carbocycles. The summed E-state index contributed by atoms with van der Waals surface area (Å²) in [5.74, 6) is -1.03. The van der Waals surface area contributed by atoms with Gasteiger partial charge in [-0.25, -0.2) is 4.98 Å². The van der Waals surface area contributed by atoms with E-state index in [1.807, 2.05) is 18.2 Å². The van der Waals surface area contributed by atoms with Crippen LogP contribution in [0, 0.1) is 5.41 Å². The summed E-state index contributed by atoms with van der Waals surface area (Å²) in [7, 11) is 2.14. The third-order valence-electron chi connectivity index (χ3n) is 7.49. The van der Waals surface area contributed by atoms with Crippen LogP contribution in [0.5, 0.6) is 0 Å². The molecule has 3 aromatic rings. The quantitative estimate of drug-likeness (QED) is 0.451. The van der Waals surface area contributed by atoms with Crippen LogP contribution < -0.4 is 16.0 Å². The third kappa shape index (κ3) is 4.41. The van der Waals surface area contributed by atoms with Crippen LogP contribution in [0.1, 0.15) is 31.7 Å². The van der Waals surface area contributed by atoms with Gasteiger partial charge in [0.1, 0.15) is 5.65 Å². The zero-order valence-corrected chi connectivity index (χ0v) is 19.9. The molecule has 10 heteroatoms. The van der Waals surface area contributed by atoms with E-state index >= 15 is 0 Å². The minimum Gasteiger partial charge on any atom is -0.481 e. The van der Waals surface area contributed by atoms with Gasteiger partial charge in [0.25, 0.3) is 0 Å². The maximum Gasteiger partial charge on any atom is 0.311 e. The van der Waals surface area contributed by atoms with Crippen molar-refractivity contribution in [3.8, 4) is 0 Å². The van der Waals surface area contributed by atoms with Gasteiger partial charge < -0.3 is 30.5 Å². The van der Waals surface area contributed by atoms with Crippen LogP contribution >= 0.6 is 0 Å². The standard InChI is InChI=1S/C25H31N7O3/c1-30-11-13-31(14-12-30)19-5-3-18(4-6-19)28-24-27-16-17-7-10-32(22(17)29-24)20(15-21(26)33)25(23(34)35)8-2-9-25/h3-7,10,16,20H,2,8-9,11-15H2,1H3,(H2,26,33)(H,34,35)(H,27,28,29). The Bertz CT molecular complexity index is 1230. The first-order chi connectivity index (χ1) is 16.9. The maximum absolute atomic E-state index is 12.2. The molecule has 1 atom stereocenters. The van der Waals surface area contributed by atoms with Gasteiger partial charge in [0.15, 0.2) is 0 Å². The van der Waals surface area contributed by atoms with Crippen molar-refractivity contribution in [2.75, 3.05) is 43.4 Å². The molecular formula is C25H31N7O3. The molecule has 1 amide bonds. The number of nitrogens with one attached hydrogen (secondary N) is 1. The second-order valence-corrected chi connectivity index (χ2v) is 9.66. The number of aromatic nitrogens is 3. The lowest BCUT2D eigenvalue weighted by molar-refractivity contribution is -0.159. The summed E-state index contributed by atoms with van der Waals surface area (Å²) in [5, 5.41) is 14.0. The molecular weight excluding hydrogens is 446 g/mol. The predicted molar refractivity (Wildman–Crippen MR) is 134 cm³/mol. The monoisotopic (exact) mass is 477 g/mol. The number of hydrogen-bond acceptors (Lipinski definition) is 7. The highest BCUT2D eigenvalue weighted by Gasteiger charge is 2.52. The number of carbonyl (C=O) groups excluding carboxylic acids is 1. The van der Waals surface area contributed by atoms with Gasteiger partial charge in [0.05, 0.1) is 11.5 Å². The van der Waals surface area contributed by atoms with Crippen molar-refractivity contribution in [1.82, 2.24) is 19.4 Å². The molecule has 0 radical (unpaired) electrons. The number of carbonyl (C=O) groups is 2. The Morgan fingerprint density at radius 3 is 2.46 bits per heavy atom. The molecule has 0 spiro atoms. The summed E-state index contributed by atoms with van der Waals surface area (Å²) >= 11 is 0. The zero-order valence-electron chi connectivity index (χ0n) is 19.9. The smallest absolute Gasteiger partial charge is 0.311 e. The number of likely N-dealkylation sites (N-methyl/N-ethyl adjacent to an activating group) is 1. The van der Waals surface area contributed by atoms with E-state index in [4.69, 9.17) is 10.7 Å². The number of rotatable bonds is 8. The highest BCUT2D eigenvalue weighted by Crippen LogP contribution is 2.51. The van der Waals surface area contributed by atoms with Crippen molar-refractivity contribution >= 4 is 40.2 Å². The molecule has 2 aliphatic rings. The number of anilines is 3. The highest BCUT2D eigenvalue weighted by molar-refractivity contribution is 5.82. The molecule has 4 N–H and O–H groups in total. The summed E-state index contributed by atoms with van der Waals surface area (Å²) < 4.78 is 1.79. The normalized spacial score (nSPS) is 18.7. The molecule has 1 unspecified atom stereocenters. The Kier molecular flexibility index (Phi) is 6.06. The molecule has 184 valence electrons. The second kappa shape index (κ2) is 9.18. The molecule has 5 rings (SSSR count). The minimum atomic E-state index is -1.02. The fourth-order valence-corrected chi connectivity index (χ4v) is 5.20. The van der Waals surface area contributed by atoms with E-state index in [0.717, 1.165) is 43.7 Å². The van der Waals surface area contributed by atoms with Crippen molar-refractivity contribution in [1.29, 1.82) is 0 Å². The van der Waals surface area contributed by atoms with Gasteiger partial charge in [-0.05, 0) is 50.2 Å². The lowest BCUT2D eigenvalue weighted by Crippen LogP contribution is -2.46. The highest BCUT2D eigenvalue weighted by atomic mass is 16.4. The first-order valence-corrected chi connectivity index (χ1v) is 12.0. The van der Waals surface area contributed by atoms with Gasteiger partial charge in [0.2, 0.25) is 11.9 Å². The van der Waals surface area contributed by atoms with E-state index in [1.54, 1.807) is 17.0 Å². The van der Waals surface area contributed by atoms with Crippen LogP contribution in [-0.2, 0) is 9.59 Å².